The first kappa shape index (κ1) is 25.9. The molecule has 3 rings (SSSR count). The van der Waals surface area contributed by atoms with Gasteiger partial charge >= 0.3 is 11.9 Å². The number of benzene rings is 2. The van der Waals surface area contributed by atoms with Crippen molar-refractivity contribution in [2.75, 3.05) is 19.8 Å². The van der Waals surface area contributed by atoms with Gasteiger partial charge in [0.2, 0.25) is 5.91 Å². The van der Waals surface area contributed by atoms with Gasteiger partial charge in [0.05, 0.1) is 25.2 Å². The standard InChI is InChI=1S/C27H31NO7/c1-3-13-28-24(29)18-23(26(28)31)35-27(32)21-10-9-20-17-22(12-11-19(20)16-21)33-14-7-5-6-8-15-34-25(30)4-2/h4,9-12,16-17,23H,2-3,5-8,13-15,18H2,1H3/t23-/m1/s1. The lowest BCUT2D eigenvalue weighted by Gasteiger charge is -2.14. The van der Waals surface area contributed by atoms with Crippen molar-refractivity contribution in [2.24, 2.45) is 0 Å². The van der Waals surface area contributed by atoms with Crippen LogP contribution in [0, 0.1) is 0 Å². The van der Waals surface area contributed by atoms with Gasteiger partial charge in [0.25, 0.3) is 5.91 Å². The van der Waals surface area contributed by atoms with Crippen molar-refractivity contribution in [3.05, 3.63) is 54.6 Å². The molecule has 1 saturated heterocycles. The highest BCUT2D eigenvalue weighted by atomic mass is 16.6. The maximum atomic E-state index is 12.6. The number of imide groups is 1. The van der Waals surface area contributed by atoms with E-state index in [-0.39, 0.29) is 12.3 Å². The molecule has 35 heavy (non-hydrogen) atoms. The minimum absolute atomic E-state index is 0.110. The van der Waals surface area contributed by atoms with Crippen molar-refractivity contribution < 1.29 is 33.4 Å². The number of carbonyl (C=O) groups is 4. The topological polar surface area (TPSA) is 99.2 Å². The van der Waals surface area contributed by atoms with E-state index in [4.69, 9.17) is 14.2 Å². The number of unbranched alkanes of at least 4 members (excludes halogenated alkanes) is 3. The number of rotatable bonds is 13. The molecule has 1 aliphatic rings. The van der Waals surface area contributed by atoms with Crippen LogP contribution in [0.25, 0.3) is 10.8 Å². The third kappa shape index (κ3) is 7.15. The van der Waals surface area contributed by atoms with Crippen LogP contribution in [0.4, 0.5) is 0 Å². The van der Waals surface area contributed by atoms with Crippen LogP contribution < -0.4 is 4.74 Å². The van der Waals surface area contributed by atoms with Gasteiger partial charge in [0.15, 0.2) is 6.10 Å². The van der Waals surface area contributed by atoms with E-state index in [0.29, 0.717) is 31.7 Å². The Kier molecular flexibility index (Phi) is 9.40. The van der Waals surface area contributed by atoms with E-state index >= 15 is 0 Å². The summed E-state index contributed by atoms with van der Waals surface area (Å²) in [6.07, 6.45) is 4.25. The first-order valence-electron chi connectivity index (χ1n) is 11.9. The molecule has 0 N–H and O–H groups in total. The molecule has 0 spiro atoms. The molecule has 1 fully saturated rings. The number of ether oxygens (including phenoxy) is 3. The molecule has 186 valence electrons. The van der Waals surface area contributed by atoms with Crippen molar-refractivity contribution in [3.63, 3.8) is 0 Å². The molecule has 1 aliphatic heterocycles. The summed E-state index contributed by atoms with van der Waals surface area (Å²) in [5.74, 6) is -1.05. The third-order valence-corrected chi connectivity index (χ3v) is 5.66. The van der Waals surface area contributed by atoms with Gasteiger partial charge in [-0.3, -0.25) is 14.5 Å². The molecule has 2 amide bonds. The Bertz CT molecular complexity index is 1090. The number of hydrogen-bond donors (Lipinski definition) is 0. The van der Waals surface area contributed by atoms with E-state index in [0.717, 1.165) is 53.2 Å². The van der Waals surface area contributed by atoms with Gasteiger partial charge < -0.3 is 14.2 Å². The van der Waals surface area contributed by atoms with Crippen LogP contribution >= 0.6 is 0 Å². The van der Waals surface area contributed by atoms with Gasteiger partial charge in [-0.15, -0.1) is 0 Å². The highest BCUT2D eigenvalue weighted by Crippen LogP contribution is 2.24. The van der Waals surface area contributed by atoms with Crippen molar-refractivity contribution in [3.8, 4) is 5.75 Å². The molecule has 1 atom stereocenters. The van der Waals surface area contributed by atoms with Crippen LogP contribution in [0.1, 0.15) is 55.8 Å². The lowest BCUT2D eigenvalue weighted by molar-refractivity contribution is -0.141. The summed E-state index contributed by atoms with van der Waals surface area (Å²) < 4.78 is 16.1. The summed E-state index contributed by atoms with van der Waals surface area (Å²) in [6.45, 7) is 6.54. The van der Waals surface area contributed by atoms with E-state index in [1.807, 2.05) is 25.1 Å². The Morgan fingerprint density at radius 1 is 1.03 bits per heavy atom. The smallest absolute Gasteiger partial charge is 0.338 e. The minimum Gasteiger partial charge on any atom is -0.494 e. The van der Waals surface area contributed by atoms with Crippen LogP contribution in [0.2, 0.25) is 0 Å². The molecule has 8 heteroatoms. The first-order valence-corrected chi connectivity index (χ1v) is 11.9. The fourth-order valence-corrected chi connectivity index (χ4v) is 3.82. The Labute approximate surface area is 204 Å². The monoisotopic (exact) mass is 481 g/mol. The second-order valence-corrected chi connectivity index (χ2v) is 8.34. The van der Waals surface area contributed by atoms with E-state index in [2.05, 4.69) is 6.58 Å². The highest BCUT2D eigenvalue weighted by molar-refractivity contribution is 6.06. The SMILES string of the molecule is C=CC(=O)OCCCCCCOc1ccc2cc(C(=O)O[C@@H]3CC(=O)N(CCC)C3=O)ccc2c1. The van der Waals surface area contributed by atoms with Crippen LogP contribution in [0.5, 0.6) is 5.75 Å². The maximum absolute atomic E-state index is 12.6. The average molecular weight is 482 g/mol. The Morgan fingerprint density at radius 2 is 1.74 bits per heavy atom. The summed E-state index contributed by atoms with van der Waals surface area (Å²) in [4.78, 5) is 49.0. The summed E-state index contributed by atoms with van der Waals surface area (Å²) in [5, 5.41) is 1.74. The molecule has 0 saturated carbocycles. The summed E-state index contributed by atoms with van der Waals surface area (Å²) in [5.41, 5.74) is 0.319. The molecule has 8 nitrogen and oxygen atoms in total. The maximum Gasteiger partial charge on any atom is 0.338 e. The van der Waals surface area contributed by atoms with E-state index in [1.54, 1.807) is 18.2 Å². The highest BCUT2D eigenvalue weighted by Gasteiger charge is 2.40. The molecule has 1 heterocycles. The largest absolute Gasteiger partial charge is 0.494 e. The Balaban J connectivity index is 1.47. The lowest BCUT2D eigenvalue weighted by Crippen LogP contribution is -2.34. The van der Waals surface area contributed by atoms with E-state index in [1.165, 1.54) is 0 Å². The van der Waals surface area contributed by atoms with Crippen LogP contribution in [0.15, 0.2) is 49.1 Å². The zero-order valence-corrected chi connectivity index (χ0v) is 20.0. The summed E-state index contributed by atoms with van der Waals surface area (Å²) >= 11 is 0. The van der Waals surface area contributed by atoms with Gasteiger partial charge in [-0.1, -0.05) is 25.6 Å². The van der Waals surface area contributed by atoms with Crippen molar-refractivity contribution in [1.82, 2.24) is 4.90 Å². The number of nitrogens with zero attached hydrogens (tertiary/aromatic N) is 1. The van der Waals surface area contributed by atoms with Gasteiger partial charge in [-0.2, -0.15) is 0 Å². The molecule has 0 bridgehead atoms. The fourth-order valence-electron chi connectivity index (χ4n) is 3.82. The third-order valence-electron chi connectivity index (χ3n) is 5.66. The second kappa shape index (κ2) is 12.7. The van der Waals surface area contributed by atoms with Crippen LogP contribution in [0.3, 0.4) is 0 Å². The number of esters is 2. The van der Waals surface area contributed by atoms with Gasteiger partial charge in [-0.25, -0.2) is 9.59 Å². The molecule has 0 radical (unpaired) electrons. The summed E-state index contributed by atoms with van der Waals surface area (Å²) in [6, 6.07) is 10.7. The van der Waals surface area contributed by atoms with E-state index < -0.39 is 23.9 Å². The molecule has 0 aromatic heterocycles. The van der Waals surface area contributed by atoms with Gasteiger partial charge in [0.1, 0.15) is 5.75 Å². The van der Waals surface area contributed by atoms with Gasteiger partial charge in [0, 0.05) is 12.6 Å². The second-order valence-electron chi connectivity index (χ2n) is 8.34. The van der Waals surface area contributed by atoms with E-state index in [9.17, 15) is 19.2 Å². The zero-order valence-electron chi connectivity index (χ0n) is 20.0. The summed E-state index contributed by atoms with van der Waals surface area (Å²) in [7, 11) is 0. The normalized spacial score (nSPS) is 15.3. The molecule has 0 aliphatic carbocycles. The minimum atomic E-state index is -1.06. The van der Waals surface area contributed by atoms with Crippen molar-refractivity contribution in [1.29, 1.82) is 0 Å². The van der Waals surface area contributed by atoms with Gasteiger partial charge in [-0.05, 0) is 67.1 Å². The predicted octanol–water partition coefficient (Wildman–Crippen LogP) is 4.20. The number of fused-ring (bicyclic) bond motifs is 1. The molecular weight excluding hydrogens is 450 g/mol. The number of amides is 2. The van der Waals surface area contributed by atoms with Crippen LogP contribution in [-0.2, 0) is 23.9 Å². The lowest BCUT2D eigenvalue weighted by atomic mass is 10.1. The van der Waals surface area contributed by atoms with Crippen molar-refractivity contribution in [2.45, 2.75) is 51.6 Å². The quantitative estimate of drug-likeness (QED) is 0.183. The number of carbonyl (C=O) groups excluding carboxylic acids is 4. The molecule has 0 unspecified atom stereocenters. The zero-order chi connectivity index (χ0) is 25.2. The fraction of sp³-hybridized carbons (Fsp3) is 0.407. The van der Waals surface area contributed by atoms with Crippen LogP contribution in [-0.4, -0.2) is 54.5 Å². The first-order chi connectivity index (χ1) is 16.9. The Hall–Kier alpha value is -3.68. The molecule has 2 aromatic carbocycles. The van der Waals surface area contributed by atoms with Crippen molar-refractivity contribution >= 4 is 34.5 Å². The molecule has 2 aromatic rings. The predicted molar refractivity (Wildman–Crippen MR) is 130 cm³/mol. The molecular formula is C27H31NO7. The Morgan fingerprint density at radius 3 is 2.49 bits per heavy atom. The average Bonchev–Trinajstić information content (AvgIpc) is 3.12. The number of likely N-dealkylation sites (tertiary alicyclic amines) is 1. The number of hydrogen-bond acceptors (Lipinski definition) is 7.